The third kappa shape index (κ3) is 1.21. The Labute approximate surface area is 80.5 Å². The largest absolute Gasteiger partial charge is 0.495 e. The molecule has 0 amide bonds. The van der Waals surface area contributed by atoms with E-state index in [2.05, 4.69) is 0 Å². The third-order valence-corrected chi connectivity index (χ3v) is 2.09. The predicted octanol–water partition coefficient (Wildman–Crippen LogP) is 0.890. The lowest BCUT2D eigenvalue weighted by Gasteiger charge is -2.04. The topological polar surface area (TPSA) is 56.7 Å². The molecule has 4 heteroatoms. The second kappa shape index (κ2) is 3.06. The summed E-state index contributed by atoms with van der Waals surface area (Å²) in [6.45, 7) is 0. The van der Waals surface area contributed by atoms with Crippen LogP contribution in [-0.2, 0) is 0 Å². The molecule has 0 atom stereocenters. The summed E-state index contributed by atoms with van der Waals surface area (Å²) in [6, 6.07) is 6.99. The minimum Gasteiger partial charge on any atom is -0.495 e. The van der Waals surface area contributed by atoms with Crippen molar-refractivity contribution in [1.82, 2.24) is 4.40 Å². The van der Waals surface area contributed by atoms with E-state index in [1.54, 1.807) is 37.6 Å². The van der Waals surface area contributed by atoms with Crippen LogP contribution in [0.15, 0.2) is 35.3 Å². The van der Waals surface area contributed by atoms with Crippen LogP contribution in [0.1, 0.15) is 0 Å². The first-order chi connectivity index (χ1) is 6.72. The third-order valence-electron chi connectivity index (χ3n) is 2.09. The normalized spacial score (nSPS) is 10.4. The Bertz CT molecular complexity index is 531. The molecule has 0 unspecified atom stereocenters. The molecule has 2 aromatic rings. The van der Waals surface area contributed by atoms with Gasteiger partial charge in [0.15, 0.2) is 0 Å². The van der Waals surface area contributed by atoms with Gasteiger partial charge < -0.3 is 10.5 Å². The Hall–Kier alpha value is -1.97. The number of anilines is 1. The summed E-state index contributed by atoms with van der Waals surface area (Å²) in [7, 11) is 1.55. The molecular formula is C10H10N2O2. The molecule has 2 N–H and O–H groups in total. The smallest absolute Gasteiger partial charge is 0.278 e. The molecule has 2 aromatic heterocycles. The van der Waals surface area contributed by atoms with Crippen LogP contribution in [0.2, 0.25) is 0 Å². The lowest BCUT2D eigenvalue weighted by Crippen LogP contribution is -2.16. The Morgan fingerprint density at radius 1 is 1.29 bits per heavy atom. The van der Waals surface area contributed by atoms with Crippen LogP contribution < -0.4 is 16.0 Å². The second-order valence-electron chi connectivity index (χ2n) is 2.96. The minimum atomic E-state index is -0.221. The zero-order valence-corrected chi connectivity index (χ0v) is 7.73. The fourth-order valence-electron chi connectivity index (χ4n) is 1.31. The van der Waals surface area contributed by atoms with Gasteiger partial charge in [0.25, 0.3) is 5.56 Å². The fraction of sp³-hybridized carbons (Fsp3) is 0.100. The van der Waals surface area contributed by atoms with Crippen molar-refractivity contribution >= 4 is 11.2 Å². The number of pyridine rings is 2. The monoisotopic (exact) mass is 190 g/mol. The molecule has 0 aliphatic rings. The van der Waals surface area contributed by atoms with Crippen LogP contribution in [-0.4, -0.2) is 11.5 Å². The molecule has 2 rings (SSSR count). The highest BCUT2D eigenvalue weighted by molar-refractivity contribution is 5.53. The van der Waals surface area contributed by atoms with Crippen LogP contribution in [0.5, 0.6) is 5.75 Å². The van der Waals surface area contributed by atoms with Gasteiger partial charge in [-0.2, -0.15) is 0 Å². The SMILES string of the molecule is COc1ccc2ccc(N)c(=O)n2c1. The maximum Gasteiger partial charge on any atom is 0.278 e. The van der Waals surface area contributed by atoms with E-state index in [0.717, 1.165) is 5.52 Å². The number of methoxy groups -OCH3 is 1. The van der Waals surface area contributed by atoms with Gasteiger partial charge in [-0.1, -0.05) is 0 Å². The van der Waals surface area contributed by atoms with E-state index >= 15 is 0 Å². The predicted molar refractivity (Wildman–Crippen MR) is 54.6 cm³/mol. The lowest BCUT2D eigenvalue weighted by molar-refractivity contribution is 0.412. The molecule has 0 aliphatic heterocycles. The van der Waals surface area contributed by atoms with E-state index in [4.69, 9.17) is 10.5 Å². The quantitative estimate of drug-likeness (QED) is 0.726. The highest BCUT2D eigenvalue weighted by Gasteiger charge is 2.00. The van der Waals surface area contributed by atoms with Crippen molar-refractivity contribution in [2.45, 2.75) is 0 Å². The van der Waals surface area contributed by atoms with E-state index < -0.39 is 0 Å². The van der Waals surface area contributed by atoms with Crippen LogP contribution in [0, 0.1) is 0 Å². The number of nitrogen functional groups attached to an aromatic ring is 1. The second-order valence-corrected chi connectivity index (χ2v) is 2.96. The van der Waals surface area contributed by atoms with Crippen molar-refractivity contribution in [3.05, 3.63) is 40.8 Å². The van der Waals surface area contributed by atoms with E-state index in [9.17, 15) is 4.79 Å². The van der Waals surface area contributed by atoms with Crippen molar-refractivity contribution in [3.63, 3.8) is 0 Å². The number of fused-ring (bicyclic) bond motifs is 1. The van der Waals surface area contributed by atoms with Gasteiger partial charge in [0, 0.05) is 5.52 Å². The summed E-state index contributed by atoms with van der Waals surface area (Å²) >= 11 is 0. The van der Waals surface area contributed by atoms with Gasteiger partial charge in [0.2, 0.25) is 0 Å². The van der Waals surface area contributed by atoms with E-state index in [1.165, 1.54) is 4.40 Å². The van der Waals surface area contributed by atoms with Crippen LogP contribution in [0.4, 0.5) is 5.69 Å². The van der Waals surface area contributed by atoms with Crippen molar-refractivity contribution in [1.29, 1.82) is 0 Å². The van der Waals surface area contributed by atoms with Crippen molar-refractivity contribution in [3.8, 4) is 5.75 Å². The number of hydrogen-bond acceptors (Lipinski definition) is 3. The molecular weight excluding hydrogens is 180 g/mol. The zero-order valence-electron chi connectivity index (χ0n) is 7.73. The number of ether oxygens (including phenoxy) is 1. The summed E-state index contributed by atoms with van der Waals surface area (Å²) in [6.07, 6.45) is 1.62. The molecule has 0 saturated carbocycles. The van der Waals surface area contributed by atoms with Gasteiger partial charge >= 0.3 is 0 Å². The molecule has 0 aromatic carbocycles. The first-order valence-electron chi connectivity index (χ1n) is 4.17. The number of rotatable bonds is 1. The lowest BCUT2D eigenvalue weighted by atomic mass is 10.3. The molecule has 4 nitrogen and oxygen atoms in total. The Morgan fingerprint density at radius 2 is 2.00 bits per heavy atom. The Morgan fingerprint density at radius 3 is 2.71 bits per heavy atom. The standard InChI is InChI=1S/C10H10N2O2/c1-14-8-4-2-7-3-5-9(11)10(13)12(7)6-8/h2-6H,11H2,1H3. The molecule has 0 fully saturated rings. The highest BCUT2D eigenvalue weighted by atomic mass is 16.5. The maximum absolute atomic E-state index is 11.6. The van der Waals surface area contributed by atoms with Gasteiger partial charge in [-0.3, -0.25) is 9.20 Å². The molecule has 2 heterocycles. The highest BCUT2D eigenvalue weighted by Crippen LogP contribution is 2.11. The number of hydrogen-bond donors (Lipinski definition) is 1. The molecule has 0 saturated heterocycles. The molecule has 14 heavy (non-hydrogen) atoms. The number of nitrogens with two attached hydrogens (primary N) is 1. The average Bonchev–Trinajstić information content (AvgIpc) is 2.23. The maximum atomic E-state index is 11.6. The van der Waals surface area contributed by atoms with Crippen LogP contribution in [0.3, 0.4) is 0 Å². The fourth-order valence-corrected chi connectivity index (χ4v) is 1.31. The minimum absolute atomic E-state index is 0.221. The summed E-state index contributed by atoms with van der Waals surface area (Å²) < 4.78 is 6.48. The number of aromatic nitrogens is 1. The summed E-state index contributed by atoms with van der Waals surface area (Å²) in [5.41, 5.74) is 6.31. The van der Waals surface area contributed by atoms with Gasteiger partial charge in [-0.05, 0) is 24.3 Å². The van der Waals surface area contributed by atoms with Crippen LogP contribution >= 0.6 is 0 Å². The van der Waals surface area contributed by atoms with Crippen molar-refractivity contribution in [2.24, 2.45) is 0 Å². The molecule has 0 spiro atoms. The van der Waals surface area contributed by atoms with Gasteiger partial charge in [0.1, 0.15) is 5.75 Å². The molecule has 0 aliphatic carbocycles. The number of nitrogens with zero attached hydrogens (tertiary/aromatic N) is 1. The van der Waals surface area contributed by atoms with Gasteiger partial charge in [0.05, 0.1) is 19.0 Å². The van der Waals surface area contributed by atoms with Crippen molar-refractivity contribution < 1.29 is 4.74 Å². The van der Waals surface area contributed by atoms with E-state index in [-0.39, 0.29) is 11.2 Å². The van der Waals surface area contributed by atoms with E-state index in [0.29, 0.717) is 5.75 Å². The average molecular weight is 190 g/mol. The molecule has 0 radical (unpaired) electrons. The summed E-state index contributed by atoms with van der Waals surface area (Å²) in [5.74, 6) is 0.630. The Balaban J connectivity index is 2.85. The van der Waals surface area contributed by atoms with Gasteiger partial charge in [-0.15, -0.1) is 0 Å². The van der Waals surface area contributed by atoms with E-state index in [1.807, 2.05) is 0 Å². The Kier molecular flexibility index (Phi) is 1.89. The first kappa shape index (κ1) is 8.62. The molecule has 72 valence electrons. The summed E-state index contributed by atoms with van der Waals surface area (Å²) in [5, 5.41) is 0. The first-order valence-corrected chi connectivity index (χ1v) is 4.17. The summed E-state index contributed by atoms with van der Waals surface area (Å²) in [4.78, 5) is 11.6. The van der Waals surface area contributed by atoms with Crippen molar-refractivity contribution in [2.75, 3.05) is 12.8 Å². The van der Waals surface area contributed by atoms with Gasteiger partial charge in [-0.25, -0.2) is 0 Å². The van der Waals surface area contributed by atoms with Crippen LogP contribution in [0.25, 0.3) is 5.52 Å². The zero-order chi connectivity index (χ0) is 10.1. The molecule has 0 bridgehead atoms.